The Hall–Kier alpha value is -2.61. The largest absolute Gasteiger partial charge is 0.463 e. The van der Waals surface area contributed by atoms with E-state index in [1.165, 1.54) is 0 Å². The van der Waals surface area contributed by atoms with Crippen LogP contribution in [0.25, 0.3) is 0 Å². The number of hydrogen-bond donors (Lipinski definition) is 3. The molecule has 1 saturated carbocycles. The van der Waals surface area contributed by atoms with Crippen molar-refractivity contribution in [2.45, 2.75) is 97.3 Å². The molecule has 8 heteroatoms. The van der Waals surface area contributed by atoms with Crippen molar-refractivity contribution in [1.82, 2.24) is 10.6 Å². The predicted molar refractivity (Wildman–Crippen MR) is 143 cm³/mol. The Kier molecular flexibility index (Phi) is 10.2. The number of benzene rings is 1. The van der Waals surface area contributed by atoms with E-state index in [1.54, 1.807) is 46.8 Å². The molecule has 3 N–H and O–H groups in total. The average Bonchev–Trinajstić information content (AvgIpc) is 2.76. The summed E-state index contributed by atoms with van der Waals surface area (Å²) in [5.41, 5.74) is -2.31. The van der Waals surface area contributed by atoms with Crippen molar-refractivity contribution in [1.29, 1.82) is 0 Å². The smallest absolute Gasteiger partial charge is 0.408 e. The number of carbonyl (C=O) groups is 3. The van der Waals surface area contributed by atoms with Crippen LogP contribution in [-0.4, -0.2) is 53.0 Å². The molecule has 1 aliphatic rings. The zero-order valence-corrected chi connectivity index (χ0v) is 23.7. The maximum atomic E-state index is 13.3. The number of rotatable bonds is 9. The van der Waals surface area contributed by atoms with Crippen LogP contribution in [0.2, 0.25) is 0 Å². The van der Waals surface area contributed by atoms with Gasteiger partial charge in [-0.25, -0.2) is 4.79 Å². The fourth-order valence-corrected chi connectivity index (χ4v) is 4.97. The lowest BCUT2D eigenvalue weighted by Gasteiger charge is -2.43. The fraction of sp³-hybridized carbons (Fsp3) is 0.690. The molecule has 37 heavy (non-hydrogen) atoms. The fourth-order valence-electron chi connectivity index (χ4n) is 4.97. The molecular formula is C29H46N2O6. The number of esters is 1. The van der Waals surface area contributed by atoms with Crippen LogP contribution in [0.1, 0.15) is 86.1 Å². The minimum Gasteiger partial charge on any atom is -0.463 e. The van der Waals surface area contributed by atoms with E-state index in [0.29, 0.717) is 12.0 Å². The molecule has 0 aromatic heterocycles. The first kappa shape index (κ1) is 30.6. The Balaban J connectivity index is 2.11. The van der Waals surface area contributed by atoms with Crippen molar-refractivity contribution in [2.75, 3.05) is 13.2 Å². The summed E-state index contributed by atoms with van der Waals surface area (Å²) in [5.74, 6) is -1.51. The van der Waals surface area contributed by atoms with Gasteiger partial charge in [0.25, 0.3) is 5.91 Å². The molecule has 8 nitrogen and oxygen atoms in total. The van der Waals surface area contributed by atoms with Crippen LogP contribution in [0, 0.1) is 17.8 Å². The van der Waals surface area contributed by atoms with Crippen molar-refractivity contribution in [3.63, 3.8) is 0 Å². The molecule has 0 radical (unpaired) electrons. The first-order valence-corrected chi connectivity index (χ1v) is 13.3. The number of alkyl carbamates (subject to hydrolysis) is 1. The molecule has 4 atom stereocenters. The van der Waals surface area contributed by atoms with Gasteiger partial charge in [0.15, 0.2) is 0 Å². The number of hydrogen-bond acceptors (Lipinski definition) is 6. The standard InChI is InChI=1S/C29H46N2O6/c1-19(2)23-15-14-20(3)16-29(23,35)25(33)30-17-22(21-12-10-9-11-13-21)24(32)36-18-28(7,8)31-26(34)37-27(4,5)6/h9-13,19-20,22-23,35H,14-18H2,1-8H3,(H,30,33)(H,31,34)/t20-,22?,23+,29+/m1/s1. The molecule has 1 aliphatic carbocycles. The Morgan fingerprint density at radius 2 is 1.70 bits per heavy atom. The molecular weight excluding hydrogens is 472 g/mol. The second-order valence-electron chi connectivity index (χ2n) is 12.5. The Bertz CT molecular complexity index is 924. The van der Waals surface area contributed by atoms with Crippen LogP contribution >= 0.6 is 0 Å². The number of aliphatic hydroxyl groups is 1. The molecule has 1 aromatic carbocycles. The number of amides is 2. The molecule has 0 aliphatic heterocycles. The monoisotopic (exact) mass is 518 g/mol. The quantitative estimate of drug-likeness (QED) is 0.413. The van der Waals surface area contributed by atoms with Crippen LogP contribution < -0.4 is 10.6 Å². The van der Waals surface area contributed by atoms with Gasteiger partial charge in [-0.1, -0.05) is 57.5 Å². The third kappa shape index (κ3) is 9.02. The van der Waals surface area contributed by atoms with E-state index in [2.05, 4.69) is 10.6 Å². The summed E-state index contributed by atoms with van der Waals surface area (Å²) in [5, 5.41) is 17.0. The summed E-state index contributed by atoms with van der Waals surface area (Å²) in [6, 6.07) is 9.08. The highest BCUT2D eigenvalue weighted by molar-refractivity contribution is 5.86. The molecule has 2 rings (SSSR count). The van der Waals surface area contributed by atoms with E-state index in [9.17, 15) is 19.5 Å². The van der Waals surface area contributed by atoms with Crippen LogP contribution in [-0.2, 0) is 19.1 Å². The van der Waals surface area contributed by atoms with Gasteiger partial charge in [0.1, 0.15) is 17.8 Å². The molecule has 1 aromatic rings. The lowest BCUT2D eigenvalue weighted by Crippen LogP contribution is -2.57. The summed E-state index contributed by atoms with van der Waals surface area (Å²) in [7, 11) is 0. The second-order valence-corrected chi connectivity index (χ2v) is 12.5. The molecule has 1 unspecified atom stereocenters. The van der Waals surface area contributed by atoms with Gasteiger partial charge in [-0.15, -0.1) is 0 Å². The molecule has 2 amide bonds. The van der Waals surface area contributed by atoms with Crippen molar-refractivity contribution in [3.8, 4) is 0 Å². The Morgan fingerprint density at radius 3 is 2.27 bits per heavy atom. The van der Waals surface area contributed by atoms with Gasteiger partial charge in [0.05, 0.1) is 11.5 Å². The van der Waals surface area contributed by atoms with Gasteiger partial charge >= 0.3 is 12.1 Å². The maximum absolute atomic E-state index is 13.3. The van der Waals surface area contributed by atoms with Gasteiger partial charge in [-0.3, -0.25) is 9.59 Å². The van der Waals surface area contributed by atoms with Crippen LogP contribution in [0.4, 0.5) is 4.79 Å². The average molecular weight is 519 g/mol. The van der Waals surface area contributed by atoms with E-state index < -0.39 is 40.6 Å². The second kappa shape index (κ2) is 12.3. The first-order chi connectivity index (χ1) is 17.0. The molecule has 208 valence electrons. The van der Waals surface area contributed by atoms with Crippen molar-refractivity contribution in [3.05, 3.63) is 35.9 Å². The zero-order valence-electron chi connectivity index (χ0n) is 23.7. The van der Waals surface area contributed by atoms with Gasteiger partial charge in [-0.05, 0) is 70.8 Å². The number of carbonyl (C=O) groups excluding carboxylic acids is 3. The molecule has 0 heterocycles. The summed E-state index contributed by atoms with van der Waals surface area (Å²) < 4.78 is 10.9. The predicted octanol–water partition coefficient (Wildman–Crippen LogP) is 4.56. The van der Waals surface area contributed by atoms with Crippen LogP contribution in [0.15, 0.2) is 30.3 Å². The van der Waals surface area contributed by atoms with E-state index >= 15 is 0 Å². The minimum atomic E-state index is -1.48. The van der Waals surface area contributed by atoms with Gasteiger partial charge < -0.3 is 25.2 Å². The highest BCUT2D eigenvalue weighted by Gasteiger charge is 2.48. The lowest BCUT2D eigenvalue weighted by atomic mass is 9.66. The molecule has 0 bridgehead atoms. The van der Waals surface area contributed by atoms with E-state index in [0.717, 1.165) is 12.8 Å². The summed E-state index contributed by atoms with van der Waals surface area (Å²) in [4.78, 5) is 38.7. The third-order valence-corrected chi connectivity index (χ3v) is 6.81. The van der Waals surface area contributed by atoms with Gasteiger partial charge in [0, 0.05) is 6.54 Å². The molecule has 0 saturated heterocycles. The van der Waals surface area contributed by atoms with E-state index in [-0.39, 0.29) is 30.9 Å². The van der Waals surface area contributed by atoms with Gasteiger partial charge in [0.2, 0.25) is 0 Å². The number of ether oxygens (including phenoxy) is 2. The van der Waals surface area contributed by atoms with Crippen molar-refractivity contribution >= 4 is 18.0 Å². The van der Waals surface area contributed by atoms with E-state index in [1.807, 2.05) is 39.0 Å². The SMILES string of the molecule is CC(C)[C@@H]1CC[C@@H](C)C[C@@]1(O)C(=O)NCC(C(=O)OCC(C)(C)NC(=O)OC(C)(C)C)c1ccccc1. The van der Waals surface area contributed by atoms with Crippen LogP contribution in [0.3, 0.4) is 0 Å². The topological polar surface area (TPSA) is 114 Å². The van der Waals surface area contributed by atoms with Crippen molar-refractivity contribution < 1.29 is 29.0 Å². The minimum absolute atomic E-state index is 0.0108. The summed E-state index contributed by atoms with van der Waals surface area (Å²) in [6.45, 7) is 14.8. The maximum Gasteiger partial charge on any atom is 0.408 e. The highest BCUT2D eigenvalue weighted by atomic mass is 16.6. The zero-order chi connectivity index (χ0) is 28.0. The molecule has 0 spiro atoms. The van der Waals surface area contributed by atoms with Gasteiger partial charge in [-0.2, -0.15) is 0 Å². The molecule has 1 fully saturated rings. The van der Waals surface area contributed by atoms with Crippen molar-refractivity contribution in [2.24, 2.45) is 17.8 Å². The highest BCUT2D eigenvalue weighted by Crippen LogP contribution is 2.41. The summed E-state index contributed by atoms with van der Waals surface area (Å²) >= 11 is 0. The Morgan fingerprint density at radius 1 is 1.08 bits per heavy atom. The summed E-state index contributed by atoms with van der Waals surface area (Å²) in [6.07, 6.45) is 1.55. The van der Waals surface area contributed by atoms with E-state index in [4.69, 9.17) is 9.47 Å². The first-order valence-electron chi connectivity index (χ1n) is 13.3. The normalized spacial score (nSPS) is 23.2. The Labute approximate surface area is 221 Å². The third-order valence-electron chi connectivity index (χ3n) is 6.81. The number of nitrogens with one attached hydrogen (secondary N) is 2. The van der Waals surface area contributed by atoms with Crippen LogP contribution in [0.5, 0.6) is 0 Å². The lowest BCUT2D eigenvalue weighted by molar-refractivity contribution is -0.156.